The fourth-order valence-corrected chi connectivity index (χ4v) is 3.16. The lowest BCUT2D eigenvalue weighted by atomic mass is 10.2. The summed E-state index contributed by atoms with van der Waals surface area (Å²) < 4.78 is 10.5. The van der Waals surface area contributed by atoms with Crippen molar-refractivity contribution in [3.05, 3.63) is 65.1 Å². The predicted molar refractivity (Wildman–Crippen MR) is 104 cm³/mol. The van der Waals surface area contributed by atoms with E-state index in [0.717, 1.165) is 16.9 Å². The minimum atomic E-state index is 0.465. The molecule has 0 amide bonds. The van der Waals surface area contributed by atoms with Crippen LogP contribution in [0.25, 0.3) is 16.8 Å². The van der Waals surface area contributed by atoms with E-state index in [4.69, 9.17) is 9.47 Å². The number of nitriles is 1. The Balaban J connectivity index is 1.81. The van der Waals surface area contributed by atoms with E-state index in [1.54, 1.807) is 26.5 Å². The zero-order chi connectivity index (χ0) is 18.4. The maximum absolute atomic E-state index is 9.48. The molecule has 2 aromatic carbocycles. The maximum atomic E-state index is 9.48. The first-order valence-electron chi connectivity index (χ1n) is 7.85. The van der Waals surface area contributed by atoms with E-state index < -0.39 is 0 Å². The second-order valence-corrected chi connectivity index (χ2v) is 6.15. The Labute approximate surface area is 156 Å². The Morgan fingerprint density at radius 2 is 1.88 bits per heavy atom. The van der Waals surface area contributed by atoms with Crippen molar-refractivity contribution in [3.8, 4) is 28.8 Å². The molecule has 0 bridgehead atoms. The number of benzene rings is 2. The second kappa shape index (κ2) is 8.19. The molecule has 0 aliphatic rings. The molecular formula is C20H17N3O2S. The van der Waals surface area contributed by atoms with Gasteiger partial charge in [-0.15, -0.1) is 11.3 Å². The highest BCUT2D eigenvalue weighted by atomic mass is 32.1. The normalized spacial score (nSPS) is 10.9. The van der Waals surface area contributed by atoms with Crippen LogP contribution in [0, 0.1) is 11.3 Å². The molecule has 0 unspecified atom stereocenters. The summed E-state index contributed by atoms with van der Waals surface area (Å²) in [5.41, 5.74) is 3.14. The van der Waals surface area contributed by atoms with Gasteiger partial charge in [0.1, 0.15) is 16.6 Å². The van der Waals surface area contributed by atoms with Crippen LogP contribution in [0.1, 0.15) is 5.01 Å². The van der Waals surface area contributed by atoms with Crippen molar-refractivity contribution in [2.24, 2.45) is 0 Å². The number of allylic oxidation sites excluding steroid dienone is 1. The number of hydrogen-bond acceptors (Lipinski definition) is 6. The Morgan fingerprint density at radius 3 is 2.58 bits per heavy atom. The minimum absolute atomic E-state index is 0.465. The van der Waals surface area contributed by atoms with Gasteiger partial charge in [-0.25, -0.2) is 4.98 Å². The quantitative estimate of drug-likeness (QED) is 0.637. The van der Waals surface area contributed by atoms with Gasteiger partial charge in [0.15, 0.2) is 11.5 Å². The molecule has 0 spiro atoms. The molecule has 0 saturated carbocycles. The van der Waals surface area contributed by atoms with Crippen LogP contribution in [0.2, 0.25) is 0 Å². The first kappa shape index (κ1) is 17.5. The minimum Gasteiger partial charge on any atom is -0.493 e. The molecule has 3 aromatic rings. The smallest absolute Gasteiger partial charge is 0.162 e. The zero-order valence-corrected chi connectivity index (χ0v) is 15.2. The Hall–Kier alpha value is -3.30. The second-order valence-electron chi connectivity index (χ2n) is 5.29. The third kappa shape index (κ3) is 3.85. The summed E-state index contributed by atoms with van der Waals surface area (Å²) in [6, 6.07) is 17.5. The summed E-state index contributed by atoms with van der Waals surface area (Å²) in [7, 11) is 3.17. The number of aromatic nitrogens is 1. The molecule has 5 nitrogen and oxygen atoms in total. The summed E-state index contributed by atoms with van der Waals surface area (Å²) in [4.78, 5) is 4.57. The van der Waals surface area contributed by atoms with Gasteiger partial charge >= 0.3 is 0 Å². The fraction of sp³-hybridized carbons (Fsp3) is 0.100. The fourth-order valence-electron chi connectivity index (χ4n) is 2.36. The Bertz CT molecular complexity index is 959. The SMILES string of the molecule is COc1ccc(N/C=C(\C#N)c2nc(-c3ccccc3)cs2)cc1OC. The molecule has 0 atom stereocenters. The largest absolute Gasteiger partial charge is 0.493 e. The number of nitrogens with one attached hydrogen (secondary N) is 1. The van der Waals surface area contributed by atoms with Crippen molar-refractivity contribution in [3.63, 3.8) is 0 Å². The van der Waals surface area contributed by atoms with Gasteiger partial charge in [-0.05, 0) is 12.1 Å². The van der Waals surface area contributed by atoms with Crippen LogP contribution in [0.3, 0.4) is 0 Å². The molecule has 0 radical (unpaired) electrons. The zero-order valence-electron chi connectivity index (χ0n) is 14.4. The van der Waals surface area contributed by atoms with Crippen LogP contribution in [0.4, 0.5) is 5.69 Å². The first-order chi connectivity index (χ1) is 12.7. The van der Waals surface area contributed by atoms with E-state index in [1.807, 2.05) is 47.8 Å². The molecule has 0 aliphatic carbocycles. The molecule has 6 heteroatoms. The molecular weight excluding hydrogens is 346 g/mol. The third-order valence-corrected chi connectivity index (χ3v) is 4.57. The van der Waals surface area contributed by atoms with E-state index in [0.29, 0.717) is 22.1 Å². The molecule has 0 saturated heterocycles. The van der Waals surface area contributed by atoms with Gasteiger partial charge in [-0.2, -0.15) is 5.26 Å². The van der Waals surface area contributed by atoms with Crippen molar-refractivity contribution in [2.75, 3.05) is 19.5 Å². The number of ether oxygens (including phenoxy) is 2. The Morgan fingerprint density at radius 1 is 1.12 bits per heavy atom. The van der Waals surface area contributed by atoms with Gasteiger partial charge in [-0.3, -0.25) is 0 Å². The van der Waals surface area contributed by atoms with Crippen molar-refractivity contribution >= 4 is 22.6 Å². The molecule has 0 aliphatic heterocycles. The molecule has 130 valence electrons. The number of methoxy groups -OCH3 is 2. The first-order valence-corrected chi connectivity index (χ1v) is 8.73. The average Bonchev–Trinajstić information content (AvgIpc) is 3.19. The number of thiazole rings is 1. The maximum Gasteiger partial charge on any atom is 0.162 e. The summed E-state index contributed by atoms with van der Waals surface area (Å²) in [6.45, 7) is 0. The lowest BCUT2D eigenvalue weighted by molar-refractivity contribution is 0.355. The lowest BCUT2D eigenvalue weighted by Gasteiger charge is -2.09. The molecule has 1 heterocycles. The van der Waals surface area contributed by atoms with Crippen molar-refractivity contribution in [2.45, 2.75) is 0 Å². The van der Waals surface area contributed by atoms with Crippen LogP contribution in [-0.4, -0.2) is 19.2 Å². The van der Waals surface area contributed by atoms with Crippen LogP contribution in [-0.2, 0) is 0 Å². The monoisotopic (exact) mass is 363 g/mol. The summed E-state index contributed by atoms with van der Waals surface area (Å²) >= 11 is 1.44. The molecule has 1 aromatic heterocycles. The third-order valence-electron chi connectivity index (χ3n) is 3.69. The van der Waals surface area contributed by atoms with E-state index in [-0.39, 0.29) is 0 Å². The predicted octanol–water partition coefficient (Wildman–Crippen LogP) is 4.80. The van der Waals surface area contributed by atoms with E-state index in [2.05, 4.69) is 16.4 Å². The highest BCUT2D eigenvalue weighted by molar-refractivity contribution is 7.11. The summed E-state index contributed by atoms with van der Waals surface area (Å²) in [6.07, 6.45) is 1.65. The Kier molecular flexibility index (Phi) is 5.52. The van der Waals surface area contributed by atoms with Gasteiger partial charge in [0.2, 0.25) is 0 Å². The number of anilines is 1. The van der Waals surface area contributed by atoms with Gasteiger partial charge in [0.25, 0.3) is 0 Å². The summed E-state index contributed by atoms with van der Waals surface area (Å²) in [5.74, 6) is 1.26. The van der Waals surface area contributed by atoms with Crippen molar-refractivity contribution < 1.29 is 9.47 Å². The average molecular weight is 363 g/mol. The number of nitrogens with zero attached hydrogens (tertiary/aromatic N) is 2. The number of hydrogen-bond donors (Lipinski definition) is 1. The van der Waals surface area contributed by atoms with Crippen molar-refractivity contribution in [1.29, 1.82) is 5.26 Å². The highest BCUT2D eigenvalue weighted by Gasteiger charge is 2.09. The molecule has 1 N–H and O–H groups in total. The van der Waals surface area contributed by atoms with Gasteiger partial charge in [0, 0.05) is 28.9 Å². The standard InChI is InChI=1S/C20H17N3O2S/c1-24-18-9-8-16(10-19(18)25-2)22-12-15(11-21)20-23-17(13-26-20)14-6-4-3-5-7-14/h3-10,12-13,22H,1-2H3/b15-12+. The molecule has 3 rings (SSSR count). The van der Waals surface area contributed by atoms with Gasteiger partial charge in [-0.1, -0.05) is 30.3 Å². The van der Waals surface area contributed by atoms with Crippen LogP contribution in [0.5, 0.6) is 11.5 Å². The summed E-state index contributed by atoms with van der Waals surface area (Å²) in [5, 5.41) is 15.2. The van der Waals surface area contributed by atoms with Gasteiger partial charge < -0.3 is 14.8 Å². The van der Waals surface area contributed by atoms with E-state index in [1.165, 1.54) is 11.3 Å². The van der Waals surface area contributed by atoms with Gasteiger partial charge in [0.05, 0.1) is 19.9 Å². The van der Waals surface area contributed by atoms with Crippen LogP contribution in [0.15, 0.2) is 60.1 Å². The molecule has 0 fully saturated rings. The van der Waals surface area contributed by atoms with E-state index in [9.17, 15) is 5.26 Å². The highest BCUT2D eigenvalue weighted by Crippen LogP contribution is 2.30. The molecule has 26 heavy (non-hydrogen) atoms. The van der Waals surface area contributed by atoms with Crippen molar-refractivity contribution in [1.82, 2.24) is 4.98 Å². The topological polar surface area (TPSA) is 67.2 Å². The van der Waals surface area contributed by atoms with Crippen LogP contribution < -0.4 is 14.8 Å². The van der Waals surface area contributed by atoms with Crippen LogP contribution >= 0.6 is 11.3 Å². The lowest BCUT2D eigenvalue weighted by Crippen LogP contribution is -1.94. The van der Waals surface area contributed by atoms with E-state index >= 15 is 0 Å². The number of rotatable bonds is 6.